The number of hydrogen-bond donors (Lipinski definition) is 2. The summed E-state index contributed by atoms with van der Waals surface area (Å²) in [4.78, 5) is 31.8. The van der Waals surface area contributed by atoms with Crippen LogP contribution in [0.15, 0.2) is 4.99 Å². The van der Waals surface area contributed by atoms with Gasteiger partial charge in [-0.25, -0.2) is 0 Å². The molecule has 1 rings (SSSR count). The largest absolute Gasteiger partial charge is 0.357 e. The van der Waals surface area contributed by atoms with E-state index in [0.29, 0.717) is 13.1 Å². The number of aliphatic imine (C=N–C) groups is 1. The normalized spacial score (nSPS) is 15.6. The third kappa shape index (κ3) is 7.67. The zero-order chi connectivity index (χ0) is 17.5. The lowest BCUT2D eigenvalue weighted by Crippen LogP contribution is -2.53. The molecule has 8 heteroatoms. The quantitative estimate of drug-likeness (QED) is 0.287. The number of amides is 2. The molecule has 2 amide bonds. The van der Waals surface area contributed by atoms with E-state index in [0.717, 1.165) is 38.7 Å². The van der Waals surface area contributed by atoms with Crippen molar-refractivity contribution in [1.29, 1.82) is 0 Å². The Morgan fingerprint density at radius 3 is 2.04 bits per heavy atom. The molecule has 2 N–H and O–H groups in total. The van der Waals surface area contributed by atoms with Crippen molar-refractivity contribution in [3.05, 3.63) is 0 Å². The summed E-state index contributed by atoms with van der Waals surface area (Å²) >= 11 is 0. The van der Waals surface area contributed by atoms with Crippen LogP contribution in [0.5, 0.6) is 0 Å². The molecule has 0 radical (unpaired) electrons. The van der Waals surface area contributed by atoms with Crippen molar-refractivity contribution >= 4 is 41.8 Å². The Kier molecular flexibility index (Phi) is 10.3. The van der Waals surface area contributed by atoms with Gasteiger partial charge >= 0.3 is 0 Å². The highest BCUT2D eigenvalue weighted by molar-refractivity contribution is 14.0. The minimum atomic E-state index is -0.378. The molecule has 0 atom stereocenters. The monoisotopic (exact) mass is 453 g/mol. The highest BCUT2D eigenvalue weighted by Crippen LogP contribution is 2.11. The molecule has 140 valence electrons. The first-order valence-electron chi connectivity index (χ1n) is 8.32. The van der Waals surface area contributed by atoms with E-state index in [-0.39, 0.29) is 41.2 Å². The number of carbonyl (C=O) groups excluding carboxylic acids is 2. The molecule has 0 aromatic heterocycles. The predicted octanol–water partition coefficient (Wildman–Crippen LogP) is 0.896. The van der Waals surface area contributed by atoms with Crippen LogP contribution < -0.4 is 10.6 Å². The fraction of sp³-hybridized carbons (Fsp3) is 0.812. The van der Waals surface area contributed by atoms with Gasteiger partial charge in [0.25, 0.3) is 0 Å². The van der Waals surface area contributed by atoms with E-state index >= 15 is 0 Å². The molecule has 0 saturated carbocycles. The van der Waals surface area contributed by atoms with Gasteiger partial charge in [0.05, 0.1) is 6.54 Å². The molecule has 1 aliphatic rings. The fourth-order valence-electron chi connectivity index (χ4n) is 2.26. The highest BCUT2D eigenvalue weighted by atomic mass is 127. The summed E-state index contributed by atoms with van der Waals surface area (Å²) in [5.74, 6) is 1.00. The molecule has 1 fully saturated rings. The van der Waals surface area contributed by atoms with Crippen molar-refractivity contribution in [2.75, 3.05) is 45.8 Å². The standard InChI is InChI=1S/C16H31N5O2.HI/c1-6-17-15(19-8-7-18-14(23)16(3,4)5)21-11-9-20(10-12-21)13(2)22;/h6-12H2,1-5H3,(H,17,19)(H,18,23);1H. The first-order chi connectivity index (χ1) is 10.8. The number of halogens is 1. The molecule has 0 aliphatic carbocycles. The number of hydrogen-bond acceptors (Lipinski definition) is 3. The maximum Gasteiger partial charge on any atom is 0.225 e. The third-order valence-corrected chi connectivity index (χ3v) is 3.70. The lowest BCUT2D eigenvalue weighted by molar-refractivity contribution is -0.130. The maximum absolute atomic E-state index is 11.8. The van der Waals surface area contributed by atoms with Crippen molar-refractivity contribution in [1.82, 2.24) is 20.4 Å². The van der Waals surface area contributed by atoms with Crippen LogP contribution >= 0.6 is 24.0 Å². The van der Waals surface area contributed by atoms with E-state index < -0.39 is 0 Å². The fourth-order valence-corrected chi connectivity index (χ4v) is 2.26. The van der Waals surface area contributed by atoms with Gasteiger partial charge in [-0.15, -0.1) is 24.0 Å². The van der Waals surface area contributed by atoms with Crippen LogP contribution in [0.4, 0.5) is 0 Å². The Balaban J connectivity index is 0.00000529. The van der Waals surface area contributed by atoms with Gasteiger partial charge in [-0.1, -0.05) is 20.8 Å². The van der Waals surface area contributed by atoms with Crippen LogP contribution in [0.25, 0.3) is 0 Å². The van der Waals surface area contributed by atoms with E-state index in [1.807, 2.05) is 32.6 Å². The zero-order valence-electron chi connectivity index (χ0n) is 15.5. The van der Waals surface area contributed by atoms with E-state index in [1.165, 1.54) is 0 Å². The first-order valence-corrected chi connectivity index (χ1v) is 8.32. The Labute approximate surface area is 162 Å². The second-order valence-corrected chi connectivity index (χ2v) is 6.73. The van der Waals surface area contributed by atoms with Crippen molar-refractivity contribution in [2.45, 2.75) is 34.6 Å². The summed E-state index contributed by atoms with van der Waals surface area (Å²) in [5, 5.41) is 6.17. The zero-order valence-corrected chi connectivity index (χ0v) is 17.8. The Morgan fingerprint density at radius 2 is 1.58 bits per heavy atom. The molecule has 0 unspecified atom stereocenters. The highest BCUT2D eigenvalue weighted by Gasteiger charge is 2.21. The van der Waals surface area contributed by atoms with Crippen molar-refractivity contribution in [2.24, 2.45) is 10.4 Å². The number of piperazine rings is 1. The summed E-state index contributed by atoms with van der Waals surface area (Å²) in [6.07, 6.45) is 0. The summed E-state index contributed by atoms with van der Waals surface area (Å²) in [6.45, 7) is 14.2. The number of guanidine groups is 1. The predicted molar refractivity (Wildman–Crippen MR) is 108 cm³/mol. The molecule has 0 bridgehead atoms. The van der Waals surface area contributed by atoms with E-state index in [1.54, 1.807) is 6.92 Å². The SMILES string of the molecule is CCNC(=NCCNC(=O)C(C)(C)C)N1CCN(C(C)=O)CC1.I. The van der Waals surface area contributed by atoms with Crippen LogP contribution in [-0.4, -0.2) is 73.4 Å². The summed E-state index contributed by atoms with van der Waals surface area (Å²) < 4.78 is 0. The van der Waals surface area contributed by atoms with Gasteiger partial charge in [-0.05, 0) is 6.92 Å². The van der Waals surface area contributed by atoms with Gasteiger partial charge in [0, 0.05) is 51.6 Å². The van der Waals surface area contributed by atoms with Gasteiger partial charge in [0.15, 0.2) is 5.96 Å². The average Bonchev–Trinajstić information content (AvgIpc) is 2.49. The molecule has 1 aliphatic heterocycles. The van der Waals surface area contributed by atoms with Gasteiger partial charge in [0.2, 0.25) is 11.8 Å². The van der Waals surface area contributed by atoms with Crippen LogP contribution in [-0.2, 0) is 9.59 Å². The van der Waals surface area contributed by atoms with E-state index in [2.05, 4.69) is 20.5 Å². The third-order valence-electron chi connectivity index (χ3n) is 3.70. The number of nitrogens with zero attached hydrogens (tertiary/aromatic N) is 3. The molecule has 24 heavy (non-hydrogen) atoms. The molecule has 0 aromatic carbocycles. The maximum atomic E-state index is 11.8. The molecule has 1 saturated heterocycles. The van der Waals surface area contributed by atoms with Crippen LogP contribution in [0.1, 0.15) is 34.6 Å². The molecule has 0 aromatic rings. The summed E-state index contributed by atoms with van der Waals surface area (Å²) in [5.41, 5.74) is -0.378. The molecule has 7 nitrogen and oxygen atoms in total. The van der Waals surface area contributed by atoms with Crippen LogP contribution in [0.3, 0.4) is 0 Å². The Bertz CT molecular complexity index is 440. The smallest absolute Gasteiger partial charge is 0.225 e. The van der Waals surface area contributed by atoms with Crippen molar-refractivity contribution in [3.8, 4) is 0 Å². The van der Waals surface area contributed by atoms with E-state index in [9.17, 15) is 9.59 Å². The topological polar surface area (TPSA) is 77.0 Å². The Morgan fingerprint density at radius 1 is 1.04 bits per heavy atom. The molecule has 1 heterocycles. The summed E-state index contributed by atoms with van der Waals surface area (Å²) in [6, 6.07) is 0. The lowest BCUT2D eigenvalue weighted by Gasteiger charge is -2.36. The number of rotatable bonds is 4. The first kappa shape index (κ1) is 22.9. The van der Waals surface area contributed by atoms with Gasteiger partial charge in [-0.3, -0.25) is 14.6 Å². The van der Waals surface area contributed by atoms with Gasteiger partial charge in [-0.2, -0.15) is 0 Å². The van der Waals surface area contributed by atoms with E-state index in [4.69, 9.17) is 0 Å². The Hall–Kier alpha value is -1.06. The second-order valence-electron chi connectivity index (χ2n) is 6.73. The number of carbonyl (C=O) groups is 2. The van der Waals surface area contributed by atoms with Gasteiger partial charge in [0.1, 0.15) is 0 Å². The van der Waals surface area contributed by atoms with Crippen molar-refractivity contribution in [3.63, 3.8) is 0 Å². The lowest BCUT2D eigenvalue weighted by atomic mass is 9.96. The number of nitrogens with one attached hydrogen (secondary N) is 2. The van der Waals surface area contributed by atoms with Crippen LogP contribution in [0, 0.1) is 5.41 Å². The minimum absolute atomic E-state index is 0. The second kappa shape index (κ2) is 10.7. The van der Waals surface area contributed by atoms with Gasteiger partial charge < -0.3 is 20.4 Å². The van der Waals surface area contributed by atoms with Crippen molar-refractivity contribution < 1.29 is 9.59 Å². The van der Waals surface area contributed by atoms with Crippen LogP contribution in [0.2, 0.25) is 0 Å². The summed E-state index contributed by atoms with van der Waals surface area (Å²) in [7, 11) is 0. The molecule has 0 spiro atoms. The molecular formula is C16H32IN5O2. The average molecular weight is 453 g/mol. The molecular weight excluding hydrogens is 421 g/mol. The minimum Gasteiger partial charge on any atom is -0.357 e.